The van der Waals surface area contributed by atoms with E-state index in [0.29, 0.717) is 6.61 Å². The Balaban J connectivity index is 1.96. The summed E-state index contributed by atoms with van der Waals surface area (Å²) in [5, 5.41) is 0. The van der Waals surface area contributed by atoms with Gasteiger partial charge in [-0.05, 0) is 0 Å². The van der Waals surface area contributed by atoms with Crippen molar-refractivity contribution in [2.45, 2.75) is 32.7 Å². The molecule has 3 rings (SSSR count). The molecule has 2 heterocycles. The van der Waals surface area contributed by atoms with Gasteiger partial charge in [-0.2, -0.15) is 0 Å². The maximum atomic E-state index is 5.94. The second kappa shape index (κ2) is 4.14. The van der Waals surface area contributed by atoms with Crippen LogP contribution in [0, 0.1) is 0 Å². The number of aromatic nitrogens is 2. The van der Waals surface area contributed by atoms with Crippen LogP contribution in [0.3, 0.4) is 0 Å². The van der Waals surface area contributed by atoms with Gasteiger partial charge in [-0.15, -0.1) is 0 Å². The van der Waals surface area contributed by atoms with Crippen molar-refractivity contribution in [1.82, 2.24) is 9.97 Å². The van der Waals surface area contributed by atoms with Crippen LogP contribution in [0.25, 0.3) is 0 Å². The highest BCUT2D eigenvalue weighted by Crippen LogP contribution is 2.34. The first kappa shape index (κ1) is 11.3. The van der Waals surface area contributed by atoms with Crippen molar-refractivity contribution in [3.63, 3.8) is 0 Å². The Morgan fingerprint density at radius 3 is 3.06 bits per heavy atom. The van der Waals surface area contributed by atoms with Crippen molar-refractivity contribution in [3.05, 3.63) is 47.5 Å². The van der Waals surface area contributed by atoms with Gasteiger partial charge in [0.15, 0.2) is 0 Å². The smallest absolute Gasteiger partial charge is 0.205 e. The van der Waals surface area contributed by atoms with Gasteiger partial charge in [0.1, 0.15) is 5.75 Å². The van der Waals surface area contributed by atoms with Crippen molar-refractivity contribution in [2.24, 2.45) is 0 Å². The van der Waals surface area contributed by atoms with E-state index in [9.17, 15) is 0 Å². The van der Waals surface area contributed by atoms with Crippen LogP contribution in [0.2, 0.25) is 0 Å². The van der Waals surface area contributed by atoms with Gasteiger partial charge >= 0.3 is 0 Å². The highest BCUT2D eigenvalue weighted by molar-refractivity contribution is 5.44. The van der Waals surface area contributed by atoms with Gasteiger partial charge in [-0.3, -0.25) is 0 Å². The first-order chi connectivity index (χ1) is 8.64. The van der Waals surface area contributed by atoms with E-state index < -0.39 is 5.79 Å². The number of nitrogens with one attached hydrogen (secondary N) is 1. The molecule has 2 aromatic rings. The molecule has 1 aliphatic rings. The van der Waals surface area contributed by atoms with Crippen molar-refractivity contribution < 1.29 is 9.47 Å². The fourth-order valence-electron chi connectivity index (χ4n) is 2.13. The van der Waals surface area contributed by atoms with Crippen LogP contribution < -0.4 is 4.74 Å². The molecule has 4 nitrogen and oxygen atoms in total. The summed E-state index contributed by atoms with van der Waals surface area (Å²) in [7, 11) is 0. The molecule has 0 unspecified atom stereocenters. The second-order valence-electron chi connectivity index (χ2n) is 4.93. The molecule has 1 aromatic heterocycles. The Morgan fingerprint density at radius 1 is 1.39 bits per heavy atom. The molecule has 18 heavy (non-hydrogen) atoms. The summed E-state index contributed by atoms with van der Waals surface area (Å²) >= 11 is 0. The summed E-state index contributed by atoms with van der Waals surface area (Å²) in [5.41, 5.74) is 3.26. The average Bonchev–Trinajstić information content (AvgIpc) is 2.82. The summed E-state index contributed by atoms with van der Waals surface area (Å²) < 4.78 is 11.6. The monoisotopic (exact) mass is 244 g/mol. The molecule has 94 valence electrons. The Bertz CT molecular complexity index is 547. The van der Waals surface area contributed by atoms with E-state index in [2.05, 4.69) is 16.0 Å². The first-order valence-corrected chi connectivity index (χ1v) is 6.05. The minimum absolute atomic E-state index is 0.561. The van der Waals surface area contributed by atoms with Crippen LogP contribution in [-0.4, -0.2) is 15.8 Å². The predicted octanol–water partition coefficient (Wildman–Crippen LogP) is 2.65. The Hall–Kier alpha value is -1.81. The molecular formula is C14H16N2O2. The van der Waals surface area contributed by atoms with Crippen LogP contribution in [-0.2, 0) is 17.8 Å². The van der Waals surface area contributed by atoms with Crippen molar-refractivity contribution in [2.75, 3.05) is 0 Å². The van der Waals surface area contributed by atoms with Crippen molar-refractivity contribution in [3.8, 4) is 5.75 Å². The molecule has 0 radical (unpaired) electrons. The average molecular weight is 244 g/mol. The summed E-state index contributed by atoms with van der Waals surface area (Å²) in [5.74, 6) is 0.381. The standard InChI is InChI=1S/C14H16N2O2/c1-14(2)17-8-11-5-3-4-10(13(11)18-14)6-12-7-15-9-16-12/h3-5,7,9H,6,8H2,1-2H3,(H,15,16). The van der Waals surface area contributed by atoms with E-state index in [1.54, 1.807) is 6.33 Å². The van der Waals surface area contributed by atoms with E-state index in [4.69, 9.17) is 9.47 Å². The van der Waals surface area contributed by atoms with E-state index in [1.807, 2.05) is 32.2 Å². The summed E-state index contributed by atoms with van der Waals surface area (Å²) in [4.78, 5) is 7.22. The number of hydrogen-bond acceptors (Lipinski definition) is 3. The largest absolute Gasteiger partial charge is 0.462 e. The number of fused-ring (bicyclic) bond motifs is 1. The molecule has 1 aromatic carbocycles. The molecule has 0 atom stereocenters. The van der Waals surface area contributed by atoms with E-state index in [-0.39, 0.29) is 0 Å². The zero-order chi connectivity index (χ0) is 12.6. The number of ether oxygens (including phenoxy) is 2. The number of benzene rings is 1. The minimum atomic E-state index is -0.561. The summed E-state index contributed by atoms with van der Waals surface area (Å²) in [6.07, 6.45) is 4.37. The molecule has 0 fully saturated rings. The normalized spacial score (nSPS) is 17.0. The van der Waals surface area contributed by atoms with Gasteiger partial charge in [0.05, 0.1) is 18.6 Å². The topological polar surface area (TPSA) is 47.1 Å². The maximum absolute atomic E-state index is 5.94. The fraction of sp³-hybridized carbons (Fsp3) is 0.357. The SMILES string of the molecule is CC1(C)OCc2cccc(Cc3c[nH]cn3)c2O1. The molecule has 1 aliphatic heterocycles. The van der Waals surface area contributed by atoms with Crippen LogP contribution >= 0.6 is 0 Å². The lowest BCUT2D eigenvalue weighted by atomic mass is 10.0. The van der Waals surface area contributed by atoms with Gasteiger partial charge in [-0.1, -0.05) is 18.2 Å². The first-order valence-electron chi connectivity index (χ1n) is 6.05. The Kier molecular flexibility index (Phi) is 2.59. The van der Waals surface area contributed by atoms with Gasteiger partial charge in [0.25, 0.3) is 0 Å². The van der Waals surface area contributed by atoms with Gasteiger partial charge in [-0.25, -0.2) is 4.98 Å². The number of H-pyrrole nitrogens is 1. The lowest BCUT2D eigenvalue weighted by Crippen LogP contribution is -2.35. The lowest BCUT2D eigenvalue weighted by molar-refractivity contribution is -0.180. The third kappa shape index (κ3) is 2.11. The summed E-state index contributed by atoms with van der Waals surface area (Å²) in [6, 6.07) is 6.15. The summed E-state index contributed by atoms with van der Waals surface area (Å²) in [6.45, 7) is 4.46. The highest BCUT2D eigenvalue weighted by Gasteiger charge is 2.28. The number of rotatable bonds is 2. The number of aromatic amines is 1. The van der Waals surface area contributed by atoms with Crippen LogP contribution in [0.15, 0.2) is 30.7 Å². The van der Waals surface area contributed by atoms with E-state index >= 15 is 0 Å². The quantitative estimate of drug-likeness (QED) is 0.883. The zero-order valence-electron chi connectivity index (χ0n) is 10.6. The number of imidazole rings is 1. The molecule has 0 amide bonds. The van der Waals surface area contributed by atoms with Crippen molar-refractivity contribution >= 4 is 0 Å². The van der Waals surface area contributed by atoms with Gasteiger partial charge in [0, 0.05) is 37.6 Å². The number of hydrogen-bond donors (Lipinski definition) is 1. The molecule has 0 saturated carbocycles. The van der Waals surface area contributed by atoms with Gasteiger partial charge < -0.3 is 14.5 Å². The second-order valence-corrected chi connectivity index (χ2v) is 4.93. The molecule has 0 spiro atoms. The maximum Gasteiger partial charge on any atom is 0.205 e. The third-order valence-electron chi connectivity index (χ3n) is 3.03. The number of para-hydroxylation sites is 1. The third-order valence-corrected chi connectivity index (χ3v) is 3.03. The molecular weight excluding hydrogens is 228 g/mol. The van der Waals surface area contributed by atoms with E-state index in [1.165, 1.54) is 0 Å². The fourth-order valence-corrected chi connectivity index (χ4v) is 2.13. The molecule has 1 N–H and O–H groups in total. The van der Waals surface area contributed by atoms with Crippen LogP contribution in [0.1, 0.15) is 30.7 Å². The zero-order valence-corrected chi connectivity index (χ0v) is 10.6. The molecule has 0 bridgehead atoms. The lowest BCUT2D eigenvalue weighted by Gasteiger charge is -2.33. The Morgan fingerprint density at radius 2 is 2.28 bits per heavy atom. The highest BCUT2D eigenvalue weighted by atomic mass is 16.7. The van der Waals surface area contributed by atoms with Crippen LogP contribution in [0.5, 0.6) is 5.75 Å². The Labute approximate surface area is 106 Å². The van der Waals surface area contributed by atoms with Gasteiger partial charge in [0.2, 0.25) is 5.79 Å². The van der Waals surface area contributed by atoms with Crippen LogP contribution in [0.4, 0.5) is 0 Å². The molecule has 4 heteroatoms. The molecule has 0 aliphatic carbocycles. The number of nitrogens with zero attached hydrogens (tertiary/aromatic N) is 1. The van der Waals surface area contributed by atoms with Crippen molar-refractivity contribution in [1.29, 1.82) is 0 Å². The van der Waals surface area contributed by atoms with E-state index in [0.717, 1.165) is 29.0 Å². The minimum Gasteiger partial charge on any atom is -0.462 e. The molecule has 0 saturated heterocycles. The predicted molar refractivity (Wildman–Crippen MR) is 67.3 cm³/mol.